The Morgan fingerprint density at radius 2 is 1.72 bits per heavy atom. The SMILES string of the molecule is COc1ccccc1/C=C1\C(=O)NC(=O)N(c2ccccc2Cl)C1=O. The molecule has 3 rings (SSSR count). The lowest BCUT2D eigenvalue weighted by Gasteiger charge is -2.27. The van der Waals surface area contributed by atoms with Gasteiger partial charge in [-0.05, 0) is 24.3 Å². The van der Waals surface area contributed by atoms with Crippen molar-refractivity contribution in [2.24, 2.45) is 0 Å². The number of methoxy groups -OCH3 is 1. The Kier molecular flexibility index (Phi) is 4.54. The van der Waals surface area contributed by atoms with Gasteiger partial charge < -0.3 is 4.74 Å². The number of imide groups is 2. The van der Waals surface area contributed by atoms with Crippen LogP contribution in [0.5, 0.6) is 5.75 Å². The molecular formula is C18H13ClN2O4. The zero-order valence-electron chi connectivity index (χ0n) is 13.2. The molecule has 0 bridgehead atoms. The fraction of sp³-hybridized carbons (Fsp3) is 0.0556. The number of rotatable bonds is 3. The number of hydrogen-bond acceptors (Lipinski definition) is 4. The normalized spacial score (nSPS) is 16.2. The number of ether oxygens (including phenoxy) is 1. The van der Waals surface area contributed by atoms with Gasteiger partial charge in [-0.15, -0.1) is 0 Å². The first-order chi connectivity index (χ1) is 12.0. The summed E-state index contributed by atoms with van der Waals surface area (Å²) in [4.78, 5) is 37.9. The zero-order chi connectivity index (χ0) is 18.0. The summed E-state index contributed by atoms with van der Waals surface area (Å²) in [5, 5.41) is 2.37. The second kappa shape index (κ2) is 6.78. The number of carbonyl (C=O) groups is 3. The summed E-state index contributed by atoms with van der Waals surface area (Å²) < 4.78 is 5.22. The highest BCUT2D eigenvalue weighted by molar-refractivity contribution is 6.42. The van der Waals surface area contributed by atoms with Crippen LogP contribution in [0.3, 0.4) is 0 Å². The number of para-hydroxylation sites is 2. The number of hydrogen-bond donors (Lipinski definition) is 1. The average molecular weight is 357 g/mol. The van der Waals surface area contributed by atoms with Gasteiger partial charge in [0, 0.05) is 5.56 Å². The molecule has 1 N–H and O–H groups in total. The molecule has 1 fully saturated rings. The van der Waals surface area contributed by atoms with Gasteiger partial charge in [0.05, 0.1) is 17.8 Å². The number of amides is 4. The number of anilines is 1. The van der Waals surface area contributed by atoms with Crippen LogP contribution >= 0.6 is 11.6 Å². The van der Waals surface area contributed by atoms with Crippen LogP contribution in [-0.2, 0) is 9.59 Å². The summed E-state index contributed by atoms with van der Waals surface area (Å²) in [7, 11) is 1.49. The highest BCUT2D eigenvalue weighted by Gasteiger charge is 2.37. The standard InChI is InChI=1S/C18H13ClN2O4/c1-25-15-9-5-2-6-11(15)10-12-16(22)20-18(24)21(17(12)23)14-8-4-3-7-13(14)19/h2-10H,1H3,(H,20,22,24)/b12-10+. The van der Waals surface area contributed by atoms with Gasteiger partial charge >= 0.3 is 6.03 Å². The molecule has 0 unspecified atom stereocenters. The maximum atomic E-state index is 12.8. The van der Waals surface area contributed by atoms with Gasteiger partial charge in [0.15, 0.2) is 0 Å². The Morgan fingerprint density at radius 3 is 2.44 bits per heavy atom. The zero-order valence-corrected chi connectivity index (χ0v) is 13.9. The summed E-state index contributed by atoms with van der Waals surface area (Å²) in [6, 6.07) is 12.5. The third-order valence-corrected chi connectivity index (χ3v) is 3.95. The van der Waals surface area contributed by atoms with E-state index in [2.05, 4.69) is 5.32 Å². The molecule has 0 radical (unpaired) electrons. The third-order valence-electron chi connectivity index (χ3n) is 3.63. The van der Waals surface area contributed by atoms with Crippen molar-refractivity contribution in [1.29, 1.82) is 0 Å². The third kappa shape index (κ3) is 3.12. The highest BCUT2D eigenvalue weighted by atomic mass is 35.5. The quantitative estimate of drug-likeness (QED) is 0.677. The van der Waals surface area contributed by atoms with Crippen molar-refractivity contribution in [2.75, 3.05) is 12.0 Å². The van der Waals surface area contributed by atoms with E-state index in [4.69, 9.17) is 16.3 Å². The molecule has 1 aliphatic rings. The molecule has 1 saturated heterocycles. The largest absolute Gasteiger partial charge is 0.496 e. The van der Waals surface area contributed by atoms with E-state index in [9.17, 15) is 14.4 Å². The van der Waals surface area contributed by atoms with Crippen molar-refractivity contribution >= 4 is 41.2 Å². The van der Waals surface area contributed by atoms with Crippen LogP contribution in [0, 0.1) is 0 Å². The van der Waals surface area contributed by atoms with Crippen molar-refractivity contribution in [2.45, 2.75) is 0 Å². The average Bonchev–Trinajstić information content (AvgIpc) is 2.60. The molecule has 126 valence electrons. The lowest BCUT2D eigenvalue weighted by molar-refractivity contribution is -0.122. The molecule has 0 aliphatic carbocycles. The fourth-order valence-corrected chi connectivity index (χ4v) is 2.67. The van der Waals surface area contributed by atoms with E-state index in [-0.39, 0.29) is 16.3 Å². The topological polar surface area (TPSA) is 75.7 Å². The van der Waals surface area contributed by atoms with Crippen molar-refractivity contribution in [3.63, 3.8) is 0 Å². The molecule has 4 amide bonds. The number of nitrogens with zero attached hydrogens (tertiary/aromatic N) is 1. The van der Waals surface area contributed by atoms with E-state index in [0.717, 1.165) is 4.90 Å². The molecule has 7 heteroatoms. The van der Waals surface area contributed by atoms with Crippen molar-refractivity contribution in [3.05, 3.63) is 64.7 Å². The number of urea groups is 1. The Bertz CT molecular complexity index is 907. The van der Waals surface area contributed by atoms with Crippen LogP contribution in [0.15, 0.2) is 54.1 Å². The van der Waals surface area contributed by atoms with Crippen LogP contribution in [0.1, 0.15) is 5.56 Å². The smallest absolute Gasteiger partial charge is 0.335 e. The van der Waals surface area contributed by atoms with E-state index >= 15 is 0 Å². The predicted octanol–water partition coefficient (Wildman–Crippen LogP) is 3.02. The number of nitrogens with one attached hydrogen (secondary N) is 1. The molecule has 0 spiro atoms. The summed E-state index contributed by atoms with van der Waals surface area (Å²) in [6.45, 7) is 0. The first kappa shape index (κ1) is 16.7. The van der Waals surface area contributed by atoms with Gasteiger partial charge in [0.2, 0.25) is 0 Å². The summed E-state index contributed by atoms with van der Waals surface area (Å²) >= 11 is 6.08. The fourth-order valence-electron chi connectivity index (χ4n) is 2.45. The van der Waals surface area contributed by atoms with E-state index in [1.54, 1.807) is 42.5 Å². The van der Waals surface area contributed by atoms with E-state index < -0.39 is 17.8 Å². The number of barbiturate groups is 1. The summed E-state index contributed by atoms with van der Waals surface area (Å²) in [5.41, 5.74) is 0.547. The number of halogens is 1. The van der Waals surface area contributed by atoms with Gasteiger partial charge in [-0.3, -0.25) is 14.9 Å². The maximum absolute atomic E-state index is 12.8. The van der Waals surface area contributed by atoms with Gasteiger partial charge in [0.25, 0.3) is 11.8 Å². The summed E-state index contributed by atoms with van der Waals surface area (Å²) in [5.74, 6) is -1.03. The van der Waals surface area contributed by atoms with Crippen molar-refractivity contribution < 1.29 is 19.1 Å². The lowest BCUT2D eigenvalue weighted by atomic mass is 10.1. The van der Waals surface area contributed by atoms with Crippen LogP contribution in [0.4, 0.5) is 10.5 Å². The van der Waals surface area contributed by atoms with Crippen molar-refractivity contribution in [1.82, 2.24) is 5.32 Å². The molecule has 25 heavy (non-hydrogen) atoms. The molecule has 1 heterocycles. The Balaban J connectivity index is 2.07. The minimum atomic E-state index is -0.847. The van der Waals surface area contributed by atoms with E-state index in [1.165, 1.54) is 19.3 Å². The molecule has 2 aromatic carbocycles. The molecule has 0 atom stereocenters. The van der Waals surface area contributed by atoms with E-state index in [0.29, 0.717) is 11.3 Å². The van der Waals surface area contributed by atoms with Crippen LogP contribution in [0.25, 0.3) is 6.08 Å². The van der Waals surface area contributed by atoms with Gasteiger partial charge in [-0.25, -0.2) is 9.69 Å². The molecular weight excluding hydrogens is 344 g/mol. The molecule has 2 aromatic rings. The predicted molar refractivity (Wildman–Crippen MR) is 93.4 cm³/mol. The lowest BCUT2D eigenvalue weighted by Crippen LogP contribution is -2.54. The van der Waals surface area contributed by atoms with Gasteiger partial charge in [0.1, 0.15) is 11.3 Å². The number of carbonyl (C=O) groups excluding carboxylic acids is 3. The Hall–Kier alpha value is -3.12. The highest BCUT2D eigenvalue weighted by Crippen LogP contribution is 2.29. The summed E-state index contributed by atoms with van der Waals surface area (Å²) in [6.07, 6.45) is 1.38. The molecule has 6 nitrogen and oxygen atoms in total. The van der Waals surface area contributed by atoms with Gasteiger partial charge in [-0.2, -0.15) is 0 Å². The minimum Gasteiger partial charge on any atom is -0.496 e. The van der Waals surface area contributed by atoms with Crippen LogP contribution in [0.2, 0.25) is 5.02 Å². The van der Waals surface area contributed by atoms with Gasteiger partial charge in [-0.1, -0.05) is 41.9 Å². The molecule has 1 aliphatic heterocycles. The minimum absolute atomic E-state index is 0.191. The van der Waals surface area contributed by atoms with Crippen molar-refractivity contribution in [3.8, 4) is 5.75 Å². The maximum Gasteiger partial charge on any atom is 0.335 e. The second-order valence-corrected chi connectivity index (χ2v) is 5.56. The second-order valence-electron chi connectivity index (χ2n) is 5.15. The van der Waals surface area contributed by atoms with Crippen LogP contribution in [-0.4, -0.2) is 25.0 Å². The monoisotopic (exact) mass is 356 g/mol. The number of benzene rings is 2. The molecule has 0 aromatic heterocycles. The first-order valence-corrected chi connectivity index (χ1v) is 7.69. The van der Waals surface area contributed by atoms with E-state index in [1.807, 2.05) is 0 Å². The Labute approximate surface area is 148 Å². The first-order valence-electron chi connectivity index (χ1n) is 7.32. The van der Waals surface area contributed by atoms with Crippen LogP contribution < -0.4 is 15.0 Å². The molecule has 0 saturated carbocycles. The Morgan fingerprint density at radius 1 is 1.04 bits per heavy atom.